The van der Waals surface area contributed by atoms with Gasteiger partial charge in [-0.1, -0.05) is 46.3 Å². The highest BCUT2D eigenvalue weighted by Gasteiger charge is 2.12. The van der Waals surface area contributed by atoms with Crippen molar-refractivity contribution in [2.24, 2.45) is 4.99 Å². The average Bonchev–Trinajstić information content (AvgIpc) is 2.66. The van der Waals surface area contributed by atoms with E-state index in [4.69, 9.17) is 4.74 Å². The number of methoxy groups -OCH3 is 1. The first-order valence-corrected chi connectivity index (χ1v) is 9.45. The Morgan fingerprint density at radius 3 is 2.63 bits per heavy atom. The van der Waals surface area contributed by atoms with Crippen molar-refractivity contribution in [1.82, 2.24) is 10.6 Å². The van der Waals surface area contributed by atoms with Gasteiger partial charge in [0, 0.05) is 11.0 Å². The quantitative estimate of drug-likeness (QED) is 0.273. The maximum Gasteiger partial charge on any atom is 0.191 e. The van der Waals surface area contributed by atoms with Gasteiger partial charge in [-0.25, -0.2) is 0 Å². The van der Waals surface area contributed by atoms with Gasteiger partial charge in [0.15, 0.2) is 5.96 Å². The van der Waals surface area contributed by atoms with E-state index in [2.05, 4.69) is 44.5 Å². The number of aliphatic hydroxyl groups excluding tert-OH is 1. The van der Waals surface area contributed by atoms with Crippen molar-refractivity contribution >= 4 is 45.9 Å². The molecule has 0 amide bonds. The molecule has 0 aliphatic rings. The minimum absolute atomic E-state index is 0. The van der Waals surface area contributed by atoms with E-state index in [1.54, 1.807) is 7.11 Å². The van der Waals surface area contributed by atoms with E-state index >= 15 is 0 Å². The molecule has 7 heteroatoms. The molecule has 0 aliphatic carbocycles. The van der Waals surface area contributed by atoms with Gasteiger partial charge in [0.25, 0.3) is 0 Å². The highest BCUT2D eigenvalue weighted by Crippen LogP contribution is 2.23. The number of rotatable bonds is 7. The van der Waals surface area contributed by atoms with E-state index in [1.807, 2.05) is 49.4 Å². The molecule has 3 N–H and O–H groups in total. The number of hydrogen-bond acceptors (Lipinski definition) is 3. The topological polar surface area (TPSA) is 65.9 Å². The number of aliphatic imine (C=N–C) groups is 1. The van der Waals surface area contributed by atoms with Crippen molar-refractivity contribution in [2.75, 3.05) is 20.2 Å². The smallest absolute Gasteiger partial charge is 0.191 e. The molecule has 0 saturated heterocycles. The van der Waals surface area contributed by atoms with Crippen LogP contribution in [0.5, 0.6) is 5.75 Å². The molecule has 2 rings (SSSR count). The molecule has 148 valence electrons. The van der Waals surface area contributed by atoms with Crippen molar-refractivity contribution in [3.05, 3.63) is 64.1 Å². The van der Waals surface area contributed by atoms with Gasteiger partial charge in [-0.15, -0.1) is 24.0 Å². The van der Waals surface area contributed by atoms with E-state index in [1.165, 1.54) is 0 Å². The van der Waals surface area contributed by atoms with Crippen LogP contribution in [-0.4, -0.2) is 31.3 Å². The maximum absolute atomic E-state index is 10.4. The van der Waals surface area contributed by atoms with Crippen LogP contribution in [0.1, 0.15) is 37.1 Å². The maximum atomic E-state index is 10.4. The first-order valence-electron chi connectivity index (χ1n) is 8.66. The summed E-state index contributed by atoms with van der Waals surface area (Å²) in [6.07, 6.45) is -0.695. The van der Waals surface area contributed by atoms with Crippen LogP contribution in [0, 0.1) is 0 Å². The number of benzene rings is 2. The number of nitrogens with zero attached hydrogens (tertiary/aromatic N) is 1. The zero-order valence-corrected chi connectivity index (χ0v) is 19.7. The third-order valence-corrected chi connectivity index (χ3v) is 4.69. The molecule has 0 aliphatic heterocycles. The zero-order chi connectivity index (χ0) is 18.9. The van der Waals surface area contributed by atoms with Crippen LogP contribution < -0.4 is 15.4 Å². The second kappa shape index (κ2) is 12.2. The Kier molecular flexibility index (Phi) is 10.7. The SMILES string of the molecule is CCNC(=NCC(O)c1cccc(OC)c1)NC(C)c1ccccc1Br.I. The lowest BCUT2D eigenvalue weighted by Crippen LogP contribution is -2.39. The summed E-state index contributed by atoms with van der Waals surface area (Å²) >= 11 is 3.58. The Morgan fingerprint density at radius 1 is 1.22 bits per heavy atom. The molecule has 2 aromatic rings. The number of aliphatic hydroxyl groups is 1. The minimum atomic E-state index is -0.695. The fourth-order valence-electron chi connectivity index (χ4n) is 2.56. The lowest BCUT2D eigenvalue weighted by Gasteiger charge is -2.20. The Morgan fingerprint density at radius 2 is 1.96 bits per heavy atom. The summed E-state index contributed by atoms with van der Waals surface area (Å²) in [5.41, 5.74) is 1.93. The molecule has 27 heavy (non-hydrogen) atoms. The summed E-state index contributed by atoms with van der Waals surface area (Å²) in [7, 11) is 1.61. The lowest BCUT2D eigenvalue weighted by molar-refractivity contribution is 0.186. The largest absolute Gasteiger partial charge is 0.497 e. The number of nitrogens with one attached hydrogen (secondary N) is 2. The van der Waals surface area contributed by atoms with Crippen LogP contribution in [0.4, 0.5) is 0 Å². The van der Waals surface area contributed by atoms with Gasteiger partial charge in [-0.05, 0) is 43.2 Å². The minimum Gasteiger partial charge on any atom is -0.497 e. The molecule has 0 aromatic heterocycles. The fourth-order valence-corrected chi connectivity index (χ4v) is 3.19. The summed E-state index contributed by atoms with van der Waals surface area (Å²) in [6.45, 7) is 5.08. The van der Waals surface area contributed by atoms with Crippen molar-refractivity contribution < 1.29 is 9.84 Å². The molecule has 2 atom stereocenters. The predicted molar refractivity (Wildman–Crippen MR) is 125 cm³/mol. The van der Waals surface area contributed by atoms with Crippen LogP contribution in [0.15, 0.2) is 58.0 Å². The van der Waals surface area contributed by atoms with Gasteiger partial charge in [-0.2, -0.15) is 0 Å². The van der Waals surface area contributed by atoms with Gasteiger partial charge in [0.2, 0.25) is 0 Å². The molecule has 2 unspecified atom stereocenters. The normalized spacial score (nSPS) is 13.3. The summed E-state index contributed by atoms with van der Waals surface area (Å²) in [6, 6.07) is 15.6. The standard InChI is InChI=1S/C20H26BrN3O2.HI/c1-4-22-20(24-14(2)17-10-5-6-11-18(17)21)23-13-19(25)15-8-7-9-16(12-15)26-3;/h5-12,14,19,25H,4,13H2,1-3H3,(H2,22,23,24);1H. The molecule has 0 radical (unpaired) electrons. The van der Waals surface area contributed by atoms with Gasteiger partial charge in [0.1, 0.15) is 5.75 Å². The Bertz CT molecular complexity index is 743. The monoisotopic (exact) mass is 547 g/mol. The molecule has 0 bridgehead atoms. The molecule has 0 heterocycles. The number of halogens is 2. The highest BCUT2D eigenvalue weighted by molar-refractivity contribution is 14.0. The van der Waals surface area contributed by atoms with Crippen LogP contribution in [0.3, 0.4) is 0 Å². The highest BCUT2D eigenvalue weighted by atomic mass is 127. The van der Waals surface area contributed by atoms with Crippen LogP contribution in [0.2, 0.25) is 0 Å². The summed E-state index contributed by atoms with van der Waals surface area (Å²) in [5.74, 6) is 1.39. The van der Waals surface area contributed by atoms with E-state index in [-0.39, 0.29) is 36.6 Å². The Labute approximate surface area is 186 Å². The van der Waals surface area contributed by atoms with Crippen molar-refractivity contribution in [3.8, 4) is 5.75 Å². The van der Waals surface area contributed by atoms with Crippen LogP contribution in [0.25, 0.3) is 0 Å². The Balaban J connectivity index is 0.00000364. The first-order chi connectivity index (χ1) is 12.5. The summed E-state index contributed by atoms with van der Waals surface area (Å²) in [4.78, 5) is 4.53. The third kappa shape index (κ3) is 7.31. The van der Waals surface area contributed by atoms with Gasteiger partial charge in [0.05, 0.1) is 25.8 Å². The number of ether oxygens (including phenoxy) is 1. The molecule has 2 aromatic carbocycles. The van der Waals surface area contributed by atoms with E-state index in [0.717, 1.165) is 27.9 Å². The number of hydrogen-bond donors (Lipinski definition) is 3. The van der Waals surface area contributed by atoms with Gasteiger partial charge >= 0.3 is 0 Å². The van der Waals surface area contributed by atoms with Crippen LogP contribution >= 0.6 is 39.9 Å². The summed E-state index contributed by atoms with van der Waals surface area (Å²) in [5, 5.41) is 17.0. The molecule has 0 saturated carbocycles. The second-order valence-corrected chi connectivity index (χ2v) is 6.75. The molecule has 5 nitrogen and oxygen atoms in total. The predicted octanol–water partition coefficient (Wildman–Crippen LogP) is 4.43. The van der Waals surface area contributed by atoms with Crippen molar-refractivity contribution in [3.63, 3.8) is 0 Å². The molecule has 0 spiro atoms. The molecular formula is C20H27BrIN3O2. The molecular weight excluding hydrogens is 521 g/mol. The summed E-state index contributed by atoms with van der Waals surface area (Å²) < 4.78 is 6.25. The first kappa shape index (κ1) is 23.7. The van der Waals surface area contributed by atoms with Gasteiger partial charge < -0.3 is 20.5 Å². The van der Waals surface area contributed by atoms with Crippen LogP contribution in [-0.2, 0) is 0 Å². The van der Waals surface area contributed by atoms with Crippen molar-refractivity contribution in [2.45, 2.75) is 26.0 Å². The zero-order valence-electron chi connectivity index (χ0n) is 15.8. The fraction of sp³-hybridized carbons (Fsp3) is 0.350. The Hall–Kier alpha value is -1.32. The lowest BCUT2D eigenvalue weighted by atomic mass is 10.1. The van der Waals surface area contributed by atoms with E-state index < -0.39 is 6.10 Å². The average molecular weight is 548 g/mol. The second-order valence-electron chi connectivity index (χ2n) is 5.90. The molecule has 0 fully saturated rings. The van der Waals surface area contributed by atoms with Crippen molar-refractivity contribution in [1.29, 1.82) is 0 Å². The van der Waals surface area contributed by atoms with E-state index in [0.29, 0.717) is 5.96 Å². The third-order valence-electron chi connectivity index (χ3n) is 3.97. The number of guanidine groups is 1. The van der Waals surface area contributed by atoms with E-state index in [9.17, 15) is 5.11 Å². The van der Waals surface area contributed by atoms with Gasteiger partial charge in [-0.3, -0.25) is 4.99 Å².